The summed E-state index contributed by atoms with van der Waals surface area (Å²) in [5, 5.41) is 3.27. The van der Waals surface area contributed by atoms with Crippen molar-refractivity contribution in [2.45, 2.75) is 70.6 Å². The van der Waals surface area contributed by atoms with Crippen LogP contribution in [0.2, 0.25) is 0 Å². The van der Waals surface area contributed by atoms with Gasteiger partial charge in [-0.25, -0.2) is 0 Å². The van der Waals surface area contributed by atoms with Crippen LogP contribution in [0.4, 0.5) is 0 Å². The predicted octanol–water partition coefficient (Wildman–Crippen LogP) is 8.72. The van der Waals surface area contributed by atoms with Gasteiger partial charge in [-0.2, -0.15) is 0 Å². The van der Waals surface area contributed by atoms with E-state index in [-0.39, 0.29) is 29.7 Å². The SMILES string of the molecule is C=C[C@H](CSC(c1ccccc1)(c1ccccc1)c1ccccc1)NC(=O)C[C@@H](C)[C@@H](C)CCCCN(C)C(=O)[C@H](C)CC. The molecule has 1 N–H and O–H groups in total. The van der Waals surface area contributed by atoms with Gasteiger partial charge in [-0.3, -0.25) is 9.59 Å². The quantitative estimate of drug-likeness (QED) is 0.0888. The minimum absolute atomic E-state index is 0.0680. The minimum atomic E-state index is -0.440. The molecule has 0 aliphatic carbocycles. The van der Waals surface area contributed by atoms with Crippen molar-refractivity contribution in [2.75, 3.05) is 19.3 Å². The summed E-state index contributed by atoms with van der Waals surface area (Å²) in [6, 6.07) is 31.7. The maximum atomic E-state index is 13.2. The lowest BCUT2D eigenvalue weighted by Crippen LogP contribution is -2.38. The molecule has 3 aromatic carbocycles. The van der Waals surface area contributed by atoms with Crippen LogP contribution in [0.5, 0.6) is 0 Å². The molecule has 0 heterocycles. The zero-order valence-electron chi connectivity index (χ0n) is 27.4. The van der Waals surface area contributed by atoms with Gasteiger partial charge in [0.2, 0.25) is 11.8 Å². The van der Waals surface area contributed by atoms with Crippen LogP contribution in [0.1, 0.15) is 76.5 Å². The van der Waals surface area contributed by atoms with Crippen LogP contribution in [-0.2, 0) is 14.3 Å². The minimum Gasteiger partial charge on any atom is -0.349 e. The van der Waals surface area contributed by atoms with E-state index in [4.69, 9.17) is 0 Å². The Balaban J connectivity index is 1.62. The van der Waals surface area contributed by atoms with Crippen molar-refractivity contribution < 1.29 is 9.59 Å². The predicted molar refractivity (Wildman–Crippen MR) is 188 cm³/mol. The molecule has 4 atom stereocenters. The Bertz CT molecular complexity index is 1180. The lowest BCUT2D eigenvalue weighted by Gasteiger charge is -2.36. The van der Waals surface area contributed by atoms with E-state index in [1.807, 2.05) is 36.7 Å². The van der Waals surface area contributed by atoms with E-state index >= 15 is 0 Å². The Hall–Kier alpha value is -3.31. The zero-order chi connectivity index (χ0) is 32.0. The van der Waals surface area contributed by atoms with Gasteiger partial charge in [-0.15, -0.1) is 18.3 Å². The lowest BCUT2D eigenvalue weighted by atomic mass is 9.84. The van der Waals surface area contributed by atoms with Gasteiger partial charge in [0.15, 0.2) is 0 Å². The van der Waals surface area contributed by atoms with Crippen molar-refractivity contribution in [3.05, 3.63) is 120 Å². The number of carbonyl (C=O) groups is 2. The number of benzene rings is 3. The van der Waals surface area contributed by atoms with Crippen LogP contribution in [0.3, 0.4) is 0 Å². The van der Waals surface area contributed by atoms with Crippen LogP contribution in [0.25, 0.3) is 0 Å². The number of nitrogens with zero attached hydrogens (tertiary/aromatic N) is 1. The molecular formula is C39H52N2O2S. The van der Waals surface area contributed by atoms with Gasteiger partial charge >= 0.3 is 0 Å². The maximum absolute atomic E-state index is 13.2. The van der Waals surface area contributed by atoms with E-state index in [1.54, 1.807) is 0 Å². The monoisotopic (exact) mass is 612 g/mol. The van der Waals surface area contributed by atoms with Crippen LogP contribution >= 0.6 is 11.8 Å². The van der Waals surface area contributed by atoms with Gasteiger partial charge in [0, 0.05) is 31.7 Å². The third-order valence-electron chi connectivity index (χ3n) is 8.94. The number of unbranched alkanes of at least 4 members (excludes halogenated alkanes) is 1. The van der Waals surface area contributed by atoms with E-state index in [0.29, 0.717) is 18.1 Å². The van der Waals surface area contributed by atoms with Crippen LogP contribution in [0, 0.1) is 17.8 Å². The fourth-order valence-electron chi connectivity index (χ4n) is 5.67. The van der Waals surface area contributed by atoms with Gasteiger partial charge in [-0.1, -0.05) is 138 Å². The molecule has 2 amide bonds. The lowest BCUT2D eigenvalue weighted by molar-refractivity contribution is -0.133. The molecule has 0 aliphatic rings. The number of hydrogen-bond donors (Lipinski definition) is 1. The molecule has 0 saturated carbocycles. The van der Waals surface area contributed by atoms with Crippen molar-refractivity contribution in [1.82, 2.24) is 10.2 Å². The number of rotatable bonds is 18. The van der Waals surface area contributed by atoms with E-state index in [0.717, 1.165) is 32.2 Å². The highest BCUT2D eigenvalue weighted by molar-refractivity contribution is 8.00. The fourth-order valence-corrected chi connectivity index (χ4v) is 7.23. The van der Waals surface area contributed by atoms with Gasteiger partial charge < -0.3 is 10.2 Å². The molecule has 0 fully saturated rings. The molecule has 5 heteroatoms. The first-order valence-corrected chi connectivity index (χ1v) is 17.2. The summed E-state index contributed by atoms with van der Waals surface area (Å²) in [6.45, 7) is 13.3. The van der Waals surface area contributed by atoms with Gasteiger partial charge in [0.1, 0.15) is 0 Å². The molecule has 0 saturated heterocycles. The van der Waals surface area contributed by atoms with Gasteiger partial charge in [-0.05, 0) is 41.4 Å². The summed E-state index contributed by atoms with van der Waals surface area (Å²) in [4.78, 5) is 27.4. The Morgan fingerprint density at radius 3 is 1.80 bits per heavy atom. The number of nitrogens with one attached hydrogen (secondary N) is 1. The summed E-state index contributed by atoms with van der Waals surface area (Å²) < 4.78 is -0.440. The largest absolute Gasteiger partial charge is 0.349 e. The van der Waals surface area contributed by atoms with Crippen LogP contribution < -0.4 is 5.32 Å². The second-order valence-corrected chi connectivity index (χ2v) is 13.5. The third kappa shape index (κ3) is 9.59. The standard InChI is InChI=1S/C39H52N2O2S/c1-7-30(3)38(43)41(6)27-19-18-20-31(4)32(5)28-37(42)40-36(8-2)29-44-39(33-21-12-9-13-22-33,34-23-14-10-15-24-34)35-25-16-11-17-26-35/h8-17,21-26,30-32,36H,2,7,18-20,27-29H2,1,3-6H3,(H,40,42)/t30-,31+,32-,36-/m1/s1. The Morgan fingerprint density at radius 2 is 1.34 bits per heavy atom. The number of carbonyl (C=O) groups excluding carboxylic acids is 2. The highest BCUT2D eigenvalue weighted by Crippen LogP contribution is 2.48. The maximum Gasteiger partial charge on any atom is 0.225 e. The van der Waals surface area contributed by atoms with E-state index in [2.05, 4.69) is 124 Å². The smallest absolute Gasteiger partial charge is 0.225 e. The molecule has 0 aliphatic heterocycles. The molecule has 44 heavy (non-hydrogen) atoms. The number of thioether (sulfide) groups is 1. The first kappa shape index (κ1) is 35.2. The average Bonchev–Trinajstić information content (AvgIpc) is 3.06. The van der Waals surface area contributed by atoms with Crippen LogP contribution in [-0.4, -0.2) is 42.1 Å². The molecule has 0 aromatic heterocycles. The van der Waals surface area contributed by atoms with Crippen molar-refractivity contribution in [3.8, 4) is 0 Å². The second kappa shape index (κ2) is 17.9. The third-order valence-corrected chi connectivity index (χ3v) is 10.6. The molecule has 3 aromatic rings. The number of amides is 2. The molecule has 0 bridgehead atoms. The highest BCUT2D eigenvalue weighted by Gasteiger charge is 2.37. The summed E-state index contributed by atoms with van der Waals surface area (Å²) in [5.74, 6) is 1.76. The Kier molecular flexibility index (Phi) is 14.3. The molecule has 0 unspecified atom stereocenters. The van der Waals surface area contributed by atoms with Gasteiger partial charge in [0.25, 0.3) is 0 Å². The summed E-state index contributed by atoms with van der Waals surface area (Å²) in [7, 11) is 1.91. The normalized spacial score (nSPS) is 14.2. The Morgan fingerprint density at radius 1 is 0.841 bits per heavy atom. The molecule has 3 rings (SSSR count). The number of hydrogen-bond acceptors (Lipinski definition) is 3. The molecule has 0 spiro atoms. The van der Waals surface area contributed by atoms with E-state index in [9.17, 15) is 9.59 Å². The Labute approximate surface area is 270 Å². The molecular weight excluding hydrogens is 561 g/mol. The highest BCUT2D eigenvalue weighted by atomic mass is 32.2. The summed E-state index contributed by atoms with van der Waals surface area (Å²) in [6.07, 6.45) is 6.32. The summed E-state index contributed by atoms with van der Waals surface area (Å²) in [5.41, 5.74) is 3.61. The van der Waals surface area contributed by atoms with Crippen molar-refractivity contribution in [2.24, 2.45) is 17.8 Å². The molecule has 236 valence electrons. The van der Waals surface area contributed by atoms with Crippen molar-refractivity contribution in [1.29, 1.82) is 0 Å². The van der Waals surface area contributed by atoms with Crippen molar-refractivity contribution >= 4 is 23.6 Å². The van der Waals surface area contributed by atoms with Crippen LogP contribution in [0.15, 0.2) is 104 Å². The van der Waals surface area contributed by atoms with Crippen molar-refractivity contribution in [3.63, 3.8) is 0 Å². The fraction of sp³-hybridized carbons (Fsp3) is 0.436. The van der Waals surface area contributed by atoms with Gasteiger partial charge in [0.05, 0.1) is 10.8 Å². The average molecular weight is 613 g/mol. The summed E-state index contributed by atoms with van der Waals surface area (Å²) >= 11 is 1.84. The first-order chi connectivity index (χ1) is 21.2. The molecule has 0 radical (unpaired) electrons. The molecule has 4 nitrogen and oxygen atoms in total. The van der Waals surface area contributed by atoms with E-state index in [1.165, 1.54) is 16.7 Å². The van der Waals surface area contributed by atoms with E-state index < -0.39 is 4.75 Å². The topological polar surface area (TPSA) is 49.4 Å². The second-order valence-electron chi connectivity index (χ2n) is 12.2. The first-order valence-electron chi connectivity index (χ1n) is 16.2. The zero-order valence-corrected chi connectivity index (χ0v) is 28.2.